The molecule has 0 saturated carbocycles. The predicted octanol–water partition coefficient (Wildman–Crippen LogP) is 1.41. The highest BCUT2D eigenvalue weighted by atomic mass is 16.3. The molecule has 0 bridgehead atoms. The average molecular weight is 232 g/mol. The zero-order valence-electron chi connectivity index (χ0n) is 9.58. The third-order valence-electron chi connectivity index (χ3n) is 3.17. The topological polar surface area (TPSA) is 67.5 Å². The predicted molar refractivity (Wildman–Crippen MR) is 63.3 cm³/mol. The first-order valence-electron chi connectivity index (χ1n) is 5.81. The minimum absolute atomic E-state index is 0.180. The van der Waals surface area contributed by atoms with Crippen molar-refractivity contribution in [3.8, 4) is 11.8 Å². The largest absolute Gasteiger partial charge is 0.508 e. The minimum Gasteiger partial charge on any atom is -0.508 e. The highest BCUT2D eigenvalue weighted by Crippen LogP contribution is 2.26. The third kappa shape index (κ3) is 2.76. The molecule has 0 radical (unpaired) electrons. The second-order valence-electron chi connectivity index (χ2n) is 4.39. The van der Waals surface area contributed by atoms with Crippen LogP contribution >= 0.6 is 0 Å². The molecule has 0 aliphatic carbocycles. The Balaban J connectivity index is 2.14. The molecule has 1 aromatic rings. The van der Waals surface area contributed by atoms with E-state index in [0.29, 0.717) is 12.8 Å². The van der Waals surface area contributed by atoms with Crippen molar-refractivity contribution in [1.29, 1.82) is 5.26 Å². The van der Waals surface area contributed by atoms with E-state index >= 15 is 0 Å². The molecule has 1 saturated heterocycles. The van der Waals surface area contributed by atoms with Crippen LogP contribution in [0.3, 0.4) is 0 Å². The molecule has 0 amide bonds. The SMILES string of the molecule is N#CC(c1cccc(O)c1)N1CCC(O)CC1. The fraction of sp³-hybridized carbons (Fsp3) is 0.462. The summed E-state index contributed by atoms with van der Waals surface area (Å²) in [6, 6.07) is 8.73. The minimum atomic E-state index is -0.338. The summed E-state index contributed by atoms with van der Waals surface area (Å²) < 4.78 is 0. The van der Waals surface area contributed by atoms with Crippen LogP contribution in [0.15, 0.2) is 24.3 Å². The van der Waals surface area contributed by atoms with Crippen LogP contribution in [-0.2, 0) is 0 Å². The van der Waals surface area contributed by atoms with Crippen molar-refractivity contribution in [3.63, 3.8) is 0 Å². The maximum absolute atomic E-state index is 9.45. The molecule has 1 aliphatic heterocycles. The molecule has 1 fully saturated rings. The molecule has 0 aromatic heterocycles. The van der Waals surface area contributed by atoms with Gasteiger partial charge in [-0.25, -0.2) is 0 Å². The van der Waals surface area contributed by atoms with Gasteiger partial charge in [0.15, 0.2) is 0 Å². The summed E-state index contributed by atoms with van der Waals surface area (Å²) >= 11 is 0. The summed E-state index contributed by atoms with van der Waals surface area (Å²) in [4.78, 5) is 2.04. The van der Waals surface area contributed by atoms with Gasteiger partial charge in [-0.15, -0.1) is 0 Å². The molecule has 1 unspecified atom stereocenters. The number of hydrogen-bond donors (Lipinski definition) is 2. The Morgan fingerprint density at radius 2 is 2.06 bits per heavy atom. The Morgan fingerprint density at radius 1 is 1.35 bits per heavy atom. The molecule has 1 aliphatic rings. The molecule has 1 aromatic carbocycles. The first kappa shape index (κ1) is 11.9. The van der Waals surface area contributed by atoms with Gasteiger partial charge >= 0.3 is 0 Å². The number of likely N-dealkylation sites (tertiary alicyclic amines) is 1. The van der Waals surface area contributed by atoms with Crippen molar-refractivity contribution in [1.82, 2.24) is 4.90 Å². The number of nitriles is 1. The lowest BCUT2D eigenvalue weighted by Crippen LogP contribution is -2.38. The van der Waals surface area contributed by atoms with E-state index in [2.05, 4.69) is 6.07 Å². The second kappa shape index (κ2) is 5.17. The number of aromatic hydroxyl groups is 1. The number of aliphatic hydroxyl groups excluding tert-OH is 1. The molecule has 4 nitrogen and oxygen atoms in total. The number of phenolic OH excluding ortho intramolecular Hbond substituents is 1. The lowest BCUT2D eigenvalue weighted by atomic mass is 10.0. The lowest BCUT2D eigenvalue weighted by Gasteiger charge is -2.32. The van der Waals surface area contributed by atoms with Gasteiger partial charge in [0.2, 0.25) is 0 Å². The van der Waals surface area contributed by atoms with E-state index < -0.39 is 0 Å². The van der Waals surface area contributed by atoms with E-state index in [1.54, 1.807) is 18.2 Å². The zero-order valence-corrected chi connectivity index (χ0v) is 9.58. The van der Waals surface area contributed by atoms with Crippen molar-refractivity contribution in [2.45, 2.75) is 25.0 Å². The van der Waals surface area contributed by atoms with E-state index in [4.69, 9.17) is 0 Å². The number of hydrogen-bond acceptors (Lipinski definition) is 4. The quantitative estimate of drug-likeness (QED) is 0.809. The molecule has 17 heavy (non-hydrogen) atoms. The molecule has 0 spiro atoms. The number of phenols is 1. The lowest BCUT2D eigenvalue weighted by molar-refractivity contribution is 0.0716. The van der Waals surface area contributed by atoms with E-state index in [1.165, 1.54) is 0 Å². The van der Waals surface area contributed by atoms with Crippen molar-refractivity contribution < 1.29 is 10.2 Å². The van der Waals surface area contributed by atoms with Crippen LogP contribution in [0.5, 0.6) is 5.75 Å². The van der Waals surface area contributed by atoms with Crippen LogP contribution in [0.25, 0.3) is 0 Å². The van der Waals surface area contributed by atoms with Gasteiger partial charge in [0, 0.05) is 13.1 Å². The van der Waals surface area contributed by atoms with Crippen LogP contribution in [0.4, 0.5) is 0 Å². The number of aliphatic hydroxyl groups is 1. The van der Waals surface area contributed by atoms with Crippen molar-refractivity contribution in [2.75, 3.05) is 13.1 Å². The molecule has 1 heterocycles. The van der Waals surface area contributed by atoms with Gasteiger partial charge in [-0.1, -0.05) is 12.1 Å². The molecule has 90 valence electrons. The van der Waals surface area contributed by atoms with Crippen molar-refractivity contribution >= 4 is 0 Å². The van der Waals surface area contributed by atoms with Gasteiger partial charge in [-0.2, -0.15) is 5.26 Å². The average Bonchev–Trinajstić information content (AvgIpc) is 2.33. The zero-order chi connectivity index (χ0) is 12.3. The summed E-state index contributed by atoms with van der Waals surface area (Å²) in [5, 5.41) is 28.1. The summed E-state index contributed by atoms with van der Waals surface area (Å²) in [5.41, 5.74) is 0.809. The van der Waals surface area contributed by atoms with Crippen LogP contribution in [0, 0.1) is 11.3 Å². The smallest absolute Gasteiger partial charge is 0.123 e. The van der Waals surface area contributed by atoms with Crippen LogP contribution in [0.2, 0.25) is 0 Å². The van der Waals surface area contributed by atoms with Gasteiger partial charge in [-0.05, 0) is 30.5 Å². The molecular formula is C13H16N2O2. The molecule has 4 heteroatoms. The number of nitrogens with zero attached hydrogens (tertiary/aromatic N) is 2. The first-order valence-corrected chi connectivity index (χ1v) is 5.81. The Kier molecular flexibility index (Phi) is 3.62. The number of benzene rings is 1. The second-order valence-corrected chi connectivity index (χ2v) is 4.39. The van der Waals surface area contributed by atoms with Crippen LogP contribution in [-0.4, -0.2) is 34.3 Å². The monoisotopic (exact) mass is 232 g/mol. The Hall–Kier alpha value is -1.57. The van der Waals surface area contributed by atoms with Gasteiger partial charge < -0.3 is 10.2 Å². The van der Waals surface area contributed by atoms with Crippen molar-refractivity contribution in [2.24, 2.45) is 0 Å². The van der Waals surface area contributed by atoms with E-state index in [9.17, 15) is 15.5 Å². The third-order valence-corrected chi connectivity index (χ3v) is 3.17. The molecule has 2 rings (SSSR count). The maximum Gasteiger partial charge on any atom is 0.123 e. The van der Waals surface area contributed by atoms with Crippen LogP contribution in [0.1, 0.15) is 24.4 Å². The summed E-state index contributed by atoms with van der Waals surface area (Å²) in [6.45, 7) is 1.43. The Morgan fingerprint density at radius 3 is 2.65 bits per heavy atom. The van der Waals surface area contributed by atoms with E-state index in [-0.39, 0.29) is 17.9 Å². The molecule has 2 N–H and O–H groups in total. The molecule has 1 atom stereocenters. The number of rotatable bonds is 2. The fourth-order valence-corrected chi connectivity index (χ4v) is 2.21. The van der Waals surface area contributed by atoms with Crippen LogP contribution < -0.4 is 0 Å². The summed E-state index contributed by atoms with van der Waals surface area (Å²) in [6.07, 6.45) is 1.17. The van der Waals surface area contributed by atoms with E-state index in [1.807, 2.05) is 11.0 Å². The van der Waals surface area contributed by atoms with E-state index in [0.717, 1.165) is 18.7 Å². The summed E-state index contributed by atoms with van der Waals surface area (Å²) in [5.74, 6) is 0.180. The van der Waals surface area contributed by atoms with Gasteiger partial charge in [-0.3, -0.25) is 4.90 Å². The molecular weight excluding hydrogens is 216 g/mol. The van der Waals surface area contributed by atoms with Gasteiger partial charge in [0.25, 0.3) is 0 Å². The maximum atomic E-state index is 9.45. The van der Waals surface area contributed by atoms with Gasteiger partial charge in [0.05, 0.1) is 12.2 Å². The highest BCUT2D eigenvalue weighted by Gasteiger charge is 2.25. The Labute approximate surface area is 101 Å². The van der Waals surface area contributed by atoms with Crippen molar-refractivity contribution in [3.05, 3.63) is 29.8 Å². The fourth-order valence-electron chi connectivity index (χ4n) is 2.21. The first-order chi connectivity index (χ1) is 8.20. The highest BCUT2D eigenvalue weighted by molar-refractivity contribution is 5.32. The Bertz CT molecular complexity index is 420. The summed E-state index contributed by atoms with van der Waals surface area (Å²) in [7, 11) is 0. The normalized spacial score (nSPS) is 19.8. The number of piperidine rings is 1. The van der Waals surface area contributed by atoms with Gasteiger partial charge in [0.1, 0.15) is 11.8 Å². The standard InChI is InChI=1S/C13H16N2O2/c14-9-13(10-2-1-3-12(17)8-10)15-6-4-11(16)5-7-15/h1-3,8,11,13,16-17H,4-7H2.